The second-order valence-electron chi connectivity index (χ2n) is 8.06. The molecule has 5 rings (SSSR count). The lowest BCUT2D eigenvalue weighted by molar-refractivity contribution is -0.141. The highest BCUT2D eigenvalue weighted by Gasteiger charge is 2.73. The van der Waals surface area contributed by atoms with Crippen LogP contribution < -0.4 is 4.90 Å². The van der Waals surface area contributed by atoms with E-state index >= 15 is 0 Å². The lowest BCUT2D eigenvalue weighted by Crippen LogP contribution is -2.30. The summed E-state index contributed by atoms with van der Waals surface area (Å²) in [5.41, 5.74) is 2.13. The Morgan fingerprint density at radius 3 is 2.27 bits per heavy atom. The number of nitrogens with zero attached hydrogens (tertiary/aromatic N) is 3. The van der Waals surface area contributed by atoms with E-state index in [0.29, 0.717) is 0 Å². The normalized spacial score (nSPS) is 33.0. The van der Waals surface area contributed by atoms with Crippen LogP contribution in [0.1, 0.15) is 18.4 Å². The van der Waals surface area contributed by atoms with Gasteiger partial charge in [0.1, 0.15) is 0 Å². The summed E-state index contributed by atoms with van der Waals surface area (Å²) in [5.74, 6) is -0.156. The molecule has 26 heavy (non-hydrogen) atoms. The van der Waals surface area contributed by atoms with Gasteiger partial charge in [0.25, 0.3) is 11.8 Å². The number of benzene rings is 1. The molecule has 1 aromatic rings. The minimum atomic E-state index is -0.194. The third-order valence-corrected chi connectivity index (χ3v) is 7.24. The van der Waals surface area contributed by atoms with E-state index in [4.69, 9.17) is 0 Å². The van der Waals surface area contributed by atoms with E-state index in [0.717, 1.165) is 33.6 Å². The van der Waals surface area contributed by atoms with Gasteiger partial charge in [0, 0.05) is 18.6 Å². The maximum atomic E-state index is 12.9. The Morgan fingerprint density at radius 1 is 1.15 bits per heavy atom. The number of imide groups is 1. The smallest absolute Gasteiger partial charge is 0.254 e. The molecule has 0 unspecified atom stereocenters. The number of allylic oxidation sites excluding steroid dienone is 2. The molecule has 0 N–H and O–H groups in total. The van der Waals surface area contributed by atoms with Crippen molar-refractivity contribution in [3.8, 4) is 0 Å². The van der Waals surface area contributed by atoms with E-state index in [1.165, 1.54) is 0 Å². The lowest BCUT2D eigenvalue weighted by Gasteiger charge is -2.18. The number of fused-ring (bicyclic) bond motifs is 3. The Balaban J connectivity index is 1.39. The van der Waals surface area contributed by atoms with E-state index in [1.807, 2.05) is 37.2 Å². The van der Waals surface area contributed by atoms with Crippen LogP contribution in [0.4, 0.5) is 5.69 Å². The summed E-state index contributed by atoms with van der Waals surface area (Å²) in [4.78, 5) is 27.8. The van der Waals surface area contributed by atoms with Crippen molar-refractivity contribution in [1.29, 1.82) is 0 Å². The van der Waals surface area contributed by atoms with Gasteiger partial charge in [-0.1, -0.05) is 18.2 Å². The van der Waals surface area contributed by atoms with Gasteiger partial charge in [-0.2, -0.15) is 10.1 Å². The van der Waals surface area contributed by atoms with Crippen LogP contribution in [0.25, 0.3) is 0 Å². The molecule has 6 heteroatoms. The fourth-order valence-corrected chi connectivity index (χ4v) is 6.02. The Labute approximate surface area is 160 Å². The highest BCUT2D eigenvalue weighted by atomic mass is 79.9. The molecule has 5 nitrogen and oxygen atoms in total. The number of carbonyl (C=O) groups is 2. The zero-order valence-electron chi connectivity index (χ0n) is 14.7. The van der Waals surface area contributed by atoms with Gasteiger partial charge >= 0.3 is 0 Å². The minimum absolute atomic E-state index is 0.122. The van der Waals surface area contributed by atoms with Crippen molar-refractivity contribution in [2.75, 3.05) is 19.0 Å². The van der Waals surface area contributed by atoms with Crippen molar-refractivity contribution in [2.45, 2.75) is 12.8 Å². The van der Waals surface area contributed by atoms with E-state index in [-0.39, 0.29) is 40.9 Å². The van der Waals surface area contributed by atoms with Gasteiger partial charge in [-0.05, 0) is 63.7 Å². The van der Waals surface area contributed by atoms with Crippen LogP contribution in [0.15, 0.2) is 39.9 Å². The van der Waals surface area contributed by atoms with Crippen molar-refractivity contribution >= 4 is 39.6 Å². The van der Waals surface area contributed by atoms with Crippen LogP contribution in [0.2, 0.25) is 0 Å². The van der Waals surface area contributed by atoms with Crippen LogP contribution in [0.5, 0.6) is 0 Å². The average Bonchev–Trinajstić information content (AvgIpc) is 3.20. The van der Waals surface area contributed by atoms with Gasteiger partial charge < -0.3 is 4.90 Å². The van der Waals surface area contributed by atoms with Crippen LogP contribution >= 0.6 is 15.9 Å². The Hall–Kier alpha value is -1.95. The van der Waals surface area contributed by atoms with E-state index in [2.05, 4.69) is 33.2 Å². The van der Waals surface area contributed by atoms with Crippen LogP contribution in [-0.2, 0) is 9.59 Å². The first kappa shape index (κ1) is 16.2. The third kappa shape index (κ3) is 1.99. The molecule has 1 aliphatic heterocycles. The molecule has 1 heterocycles. The van der Waals surface area contributed by atoms with Crippen molar-refractivity contribution in [3.05, 3.63) is 40.4 Å². The monoisotopic (exact) mass is 413 g/mol. The SMILES string of the molecule is CN(C)c1ccc(/C=N\N2C(=O)[C@@H]3[C@H](C2=O)[C@H]2C=C[C@H]3C23CC3)cc1Br. The van der Waals surface area contributed by atoms with Crippen LogP contribution in [0, 0.1) is 29.1 Å². The Morgan fingerprint density at radius 2 is 1.77 bits per heavy atom. The molecule has 4 atom stereocenters. The summed E-state index contributed by atoms with van der Waals surface area (Å²) >= 11 is 3.55. The second-order valence-corrected chi connectivity index (χ2v) is 8.91. The highest BCUT2D eigenvalue weighted by molar-refractivity contribution is 9.10. The van der Waals surface area contributed by atoms with Gasteiger partial charge in [-0.25, -0.2) is 0 Å². The van der Waals surface area contributed by atoms with Crippen molar-refractivity contribution in [3.63, 3.8) is 0 Å². The first-order valence-electron chi connectivity index (χ1n) is 9.01. The highest BCUT2D eigenvalue weighted by Crippen LogP contribution is 2.73. The minimum Gasteiger partial charge on any atom is -0.377 e. The first-order chi connectivity index (χ1) is 12.4. The number of rotatable bonds is 3. The molecule has 1 saturated heterocycles. The Kier molecular flexibility index (Phi) is 3.30. The van der Waals surface area contributed by atoms with Crippen molar-refractivity contribution < 1.29 is 9.59 Å². The fourth-order valence-electron chi connectivity index (χ4n) is 5.27. The molecule has 1 spiro atoms. The van der Waals surface area contributed by atoms with Crippen LogP contribution in [-0.4, -0.2) is 37.1 Å². The number of halogens is 1. The molecule has 2 amide bonds. The quantitative estimate of drug-likeness (QED) is 0.434. The van der Waals surface area contributed by atoms with Gasteiger partial charge in [0.05, 0.1) is 23.7 Å². The predicted molar refractivity (Wildman–Crippen MR) is 103 cm³/mol. The molecule has 2 bridgehead atoms. The number of hydrazone groups is 1. The predicted octanol–water partition coefficient (Wildman–Crippen LogP) is 3.05. The molecule has 3 fully saturated rings. The first-order valence-corrected chi connectivity index (χ1v) is 9.80. The molecule has 0 aromatic heterocycles. The summed E-state index contributed by atoms with van der Waals surface area (Å²) in [5, 5.41) is 5.38. The fraction of sp³-hybridized carbons (Fsp3) is 0.450. The van der Waals surface area contributed by atoms with Crippen molar-refractivity contribution in [2.24, 2.45) is 34.2 Å². The average molecular weight is 414 g/mol. The van der Waals surface area contributed by atoms with E-state index < -0.39 is 0 Å². The summed E-state index contributed by atoms with van der Waals surface area (Å²) in [6.07, 6.45) is 8.25. The standard InChI is InChI=1S/C20H20BrN3O2/c1-23(2)15-6-3-11(9-14(15)21)10-22-24-18(25)16-12-4-5-13(17(16)19(24)26)20(12)7-8-20/h3-6,9-10,12-13,16-17H,7-8H2,1-2H3/b22-10-/t12-,13-,16-,17+/m1/s1. The number of amides is 2. The number of anilines is 1. The summed E-state index contributed by atoms with van der Waals surface area (Å²) in [6.45, 7) is 0. The summed E-state index contributed by atoms with van der Waals surface area (Å²) < 4.78 is 0.945. The Bertz CT molecular complexity index is 853. The van der Waals surface area contributed by atoms with Gasteiger partial charge in [0.15, 0.2) is 0 Å². The van der Waals surface area contributed by atoms with E-state index in [9.17, 15) is 9.59 Å². The maximum Gasteiger partial charge on any atom is 0.254 e. The maximum absolute atomic E-state index is 12.9. The summed E-state index contributed by atoms with van der Waals surface area (Å²) in [7, 11) is 3.95. The molecule has 3 aliphatic carbocycles. The zero-order valence-corrected chi connectivity index (χ0v) is 16.3. The number of hydrogen-bond donors (Lipinski definition) is 0. The molecule has 1 aromatic carbocycles. The van der Waals surface area contributed by atoms with Gasteiger partial charge in [-0.3, -0.25) is 9.59 Å². The molecular weight excluding hydrogens is 394 g/mol. The van der Waals surface area contributed by atoms with E-state index in [1.54, 1.807) is 6.21 Å². The molecule has 0 radical (unpaired) electrons. The zero-order chi connectivity index (χ0) is 18.2. The largest absolute Gasteiger partial charge is 0.377 e. The molecule has 4 aliphatic rings. The van der Waals surface area contributed by atoms with Gasteiger partial charge in [0.2, 0.25) is 0 Å². The third-order valence-electron chi connectivity index (χ3n) is 6.61. The lowest BCUT2D eigenvalue weighted by atomic mass is 9.85. The second kappa shape index (κ2) is 5.28. The summed E-state index contributed by atoms with van der Waals surface area (Å²) in [6, 6.07) is 5.85. The number of hydrogen-bond acceptors (Lipinski definition) is 4. The molecular formula is C20H20BrN3O2. The molecule has 2 saturated carbocycles. The molecule has 134 valence electrons. The number of carbonyl (C=O) groups excluding carboxylic acids is 2. The topological polar surface area (TPSA) is 53.0 Å². The van der Waals surface area contributed by atoms with Gasteiger partial charge in [-0.15, -0.1) is 0 Å². The van der Waals surface area contributed by atoms with Crippen LogP contribution in [0.3, 0.4) is 0 Å². The van der Waals surface area contributed by atoms with Crippen molar-refractivity contribution in [1.82, 2.24) is 5.01 Å².